The molecule has 0 aliphatic heterocycles. The molecule has 18 heavy (non-hydrogen) atoms. The number of anilines is 1. The number of nitrogens with zero attached hydrogens (tertiary/aromatic N) is 1. The second-order valence-electron chi connectivity index (χ2n) is 5.65. The molecule has 2 rings (SSSR count). The zero-order valence-electron chi connectivity index (χ0n) is 11.5. The van der Waals surface area contributed by atoms with Gasteiger partial charge >= 0.3 is 0 Å². The summed E-state index contributed by atoms with van der Waals surface area (Å²) in [4.78, 5) is 18.8. The first-order valence-electron chi connectivity index (χ1n) is 6.94. The number of nitrogens with one attached hydrogen (secondary N) is 2. The van der Waals surface area contributed by atoms with Gasteiger partial charge in [0.15, 0.2) is 0 Å². The maximum Gasteiger partial charge on any atom is 0.252 e. The maximum absolute atomic E-state index is 11.6. The van der Waals surface area contributed by atoms with Crippen molar-refractivity contribution in [3.05, 3.63) is 22.2 Å². The quantitative estimate of drug-likeness (QED) is 0.862. The van der Waals surface area contributed by atoms with Gasteiger partial charge in [-0.05, 0) is 25.7 Å². The van der Waals surface area contributed by atoms with Gasteiger partial charge in [-0.3, -0.25) is 4.79 Å². The maximum atomic E-state index is 11.6. The summed E-state index contributed by atoms with van der Waals surface area (Å²) in [5.74, 6) is 2.42. The normalized spacial score (nSPS) is 18.2. The van der Waals surface area contributed by atoms with E-state index in [2.05, 4.69) is 22.2 Å². The Kier molecular flexibility index (Phi) is 4.04. The number of rotatable bonds is 4. The molecule has 1 heterocycles. The van der Waals surface area contributed by atoms with Gasteiger partial charge in [0.05, 0.1) is 0 Å². The Hall–Kier alpha value is -1.32. The van der Waals surface area contributed by atoms with Crippen LogP contribution in [0.4, 0.5) is 5.82 Å². The van der Waals surface area contributed by atoms with E-state index in [0.29, 0.717) is 17.8 Å². The summed E-state index contributed by atoms with van der Waals surface area (Å²) in [6.45, 7) is 6.25. The molecule has 0 aromatic carbocycles. The fourth-order valence-corrected chi connectivity index (χ4v) is 2.63. The molecule has 1 aromatic rings. The van der Waals surface area contributed by atoms with Crippen molar-refractivity contribution >= 4 is 5.82 Å². The Balaban J connectivity index is 2.10. The third-order valence-corrected chi connectivity index (χ3v) is 3.79. The highest BCUT2D eigenvalue weighted by atomic mass is 16.1. The van der Waals surface area contributed by atoms with Crippen molar-refractivity contribution in [2.75, 3.05) is 5.32 Å². The number of aromatic nitrogens is 2. The van der Waals surface area contributed by atoms with Crippen molar-refractivity contribution in [2.45, 2.75) is 58.4 Å². The Bertz CT molecular complexity index is 447. The van der Waals surface area contributed by atoms with Crippen LogP contribution in [0.1, 0.15) is 58.2 Å². The summed E-state index contributed by atoms with van der Waals surface area (Å²) in [7, 11) is 0. The summed E-state index contributed by atoms with van der Waals surface area (Å²) in [6.07, 6.45) is 5.23. The van der Waals surface area contributed by atoms with Crippen molar-refractivity contribution in [2.24, 2.45) is 5.92 Å². The summed E-state index contributed by atoms with van der Waals surface area (Å²) >= 11 is 0. The van der Waals surface area contributed by atoms with Gasteiger partial charge in [-0.1, -0.05) is 26.7 Å². The van der Waals surface area contributed by atoms with Gasteiger partial charge in [0, 0.05) is 18.0 Å². The van der Waals surface area contributed by atoms with E-state index >= 15 is 0 Å². The van der Waals surface area contributed by atoms with Crippen molar-refractivity contribution in [3.63, 3.8) is 0 Å². The van der Waals surface area contributed by atoms with E-state index in [-0.39, 0.29) is 11.5 Å². The standard InChI is InChI=1S/C14H23N3O/c1-9(2)14-16-12(8-13(18)17-14)15-10(3)11-6-4-5-7-11/h8-11H,4-7H2,1-3H3,(H2,15,16,17,18). The lowest BCUT2D eigenvalue weighted by Crippen LogP contribution is -2.26. The van der Waals surface area contributed by atoms with Gasteiger partial charge in [-0.2, -0.15) is 0 Å². The first-order chi connectivity index (χ1) is 8.56. The van der Waals surface area contributed by atoms with Crippen molar-refractivity contribution in [1.82, 2.24) is 9.97 Å². The lowest BCUT2D eigenvalue weighted by Gasteiger charge is -2.21. The molecule has 0 radical (unpaired) electrons. The van der Waals surface area contributed by atoms with Gasteiger partial charge < -0.3 is 10.3 Å². The third-order valence-electron chi connectivity index (χ3n) is 3.79. The molecule has 0 saturated heterocycles. The number of hydrogen-bond donors (Lipinski definition) is 2. The highest BCUT2D eigenvalue weighted by Gasteiger charge is 2.21. The van der Waals surface area contributed by atoms with Gasteiger partial charge in [0.2, 0.25) is 0 Å². The second-order valence-corrected chi connectivity index (χ2v) is 5.65. The van der Waals surface area contributed by atoms with Crippen LogP contribution in [-0.2, 0) is 0 Å². The van der Waals surface area contributed by atoms with Gasteiger partial charge in [-0.15, -0.1) is 0 Å². The second kappa shape index (κ2) is 5.55. The molecule has 1 aliphatic rings. The van der Waals surface area contributed by atoms with Crippen LogP contribution in [0.5, 0.6) is 0 Å². The van der Waals surface area contributed by atoms with Crippen LogP contribution in [0.15, 0.2) is 10.9 Å². The molecule has 0 spiro atoms. The molecule has 1 atom stereocenters. The third kappa shape index (κ3) is 3.12. The number of hydrogen-bond acceptors (Lipinski definition) is 3. The SMILES string of the molecule is CC(C)c1nc(NC(C)C2CCCC2)cc(=O)[nH]1. The Morgan fingerprint density at radius 2 is 2.00 bits per heavy atom. The summed E-state index contributed by atoms with van der Waals surface area (Å²) in [5.41, 5.74) is -0.0742. The molecule has 1 aromatic heterocycles. The first-order valence-corrected chi connectivity index (χ1v) is 6.94. The minimum absolute atomic E-state index is 0.0742. The molecular formula is C14H23N3O. The first kappa shape index (κ1) is 13.1. The predicted molar refractivity (Wildman–Crippen MR) is 74.0 cm³/mol. The lowest BCUT2D eigenvalue weighted by molar-refractivity contribution is 0.480. The summed E-state index contributed by atoms with van der Waals surface area (Å²) in [5, 5.41) is 3.39. The molecule has 1 saturated carbocycles. The highest BCUT2D eigenvalue weighted by molar-refractivity contribution is 5.34. The molecular weight excluding hydrogens is 226 g/mol. The Labute approximate surface area is 108 Å². The molecule has 0 amide bonds. The van der Waals surface area contributed by atoms with E-state index < -0.39 is 0 Å². The highest BCUT2D eigenvalue weighted by Crippen LogP contribution is 2.28. The van der Waals surface area contributed by atoms with Crippen molar-refractivity contribution < 1.29 is 0 Å². The van der Waals surface area contributed by atoms with Crippen LogP contribution < -0.4 is 10.9 Å². The minimum atomic E-state index is -0.0742. The van der Waals surface area contributed by atoms with Crippen LogP contribution in [0.3, 0.4) is 0 Å². The molecule has 4 heteroatoms. The van der Waals surface area contributed by atoms with Crippen LogP contribution in [0.25, 0.3) is 0 Å². The number of H-pyrrole nitrogens is 1. The minimum Gasteiger partial charge on any atom is -0.367 e. The van der Waals surface area contributed by atoms with E-state index in [1.165, 1.54) is 25.7 Å². The molecule has 100 valence electrons. The Morgan fingerprint density at radius 1 is 1.33 bits per heavy atom. The zero-order chi connectivity index (χ0) is 13.1. The van der Waals surface area contributed by atoms with Gasteiger partial charge in [-0.25, -0.2) is 4.98 Å². The Morgan fingerprint density at radius 3 is 2.61 bits per heavy atom. The molecule has 2 N–H and O–H groups in total. The van der Waals surface area contributed by atoms with E-state index in [4.69, 9.17) is 0 Å². The zero-order valence-corrected chi connectivity index (χ0v) is 11.5. The van der Waals surface area contributed by atoms with Crippen LogP contribution in [0, 0.1) is 5.92 Å². The largest absolute Gasteiger partial charge is 0.367 e. The predicted octanol–water partition coefficient (Wildman–Crippen LogP) is 2.88. The summed E-state index contributed by atoms with van der Waals surface area (Å²) < 4.78 is 0. The molecule has 1 aliphatic carbocycles. The van der Waals surface area contributed by atoms with Crippen LogP contribution in [0.2, 0.25) is 0 Å². The van der Waals surface area contributed by atoms with Crippen molar-refractivity contribution in [3.8, 4) is 0 Å². The van der Waals surface area contributed by atoms with E-state index in [1.54, 1.807) is 6.07 Å². The monoisotopic (exact) mass is 249 g/mol. The molecule has 4 nitrogen and oxygen atoms in total. The average Bonchev–Trinajstić information content (AvgIpc) is 2.81. The topological polar surface area (TPSA) is 57.8 Å². The molecule has 1 fully saturated rings. The van der Waals surface area contributed by atoms with E-state index in [0.717, 1.165) is 5.82 Å². The molecule has 0 bridgehead atoms. The van der Waals surface area contributed by atoms with E-state index in [1.807, 2.05) is 13.8 Å². The lowest BCUT2D eigenvalue weighted by atomic mass is 10.00. The van der Waals surface area contributed by atoms with Gasteiger partial charge in [0.25, 0.3) is 5.56 Å². The summed E-state index contributed by atoms with van der Waals surface area (Å²) in [6, 6.07) is 1.94. The average molecular weight is 249 g/mol. The van der Waals surface area contributed by atoms with Crippen LogP contribution in [-0.4, -0.2) is 16.0 Å². The van der Waals surface area contributed by atoms with Crippen LogP contribution >= 0.6 is 0 Å². The fourth-order valence-electron chi connectivity index (χ4n) is 2.63. The smallest absolute Gasteiger partial charge is 0.252 e. The number of aromatic amines is 1. The van der Waals surface area contributed by atoms with Gasteiger partial charge in [0.1, 0.15) is 11.6 Å². The molecule has 1 unspecified atom stereocenters. The van der Waals surface area contributed by atoms with E-state index in [9.17, 15) is 4.79 Å². The van der Waals surface area contributed by atoms with Crippen molar-refractivity contribution in [1.29, 1.82) is 0 Å². The fraction of sp³-hybridized carbons (Fsp3) is 0.714.